The summed E-state index contributed by atoms with van der Waals surface area (Å²) in [6.45, 7) is 1.75. The van der Waals surface area contributed by atoms with Crippen LogP contribution in [0.2, 0.25) is 10.0 Å². The van der Waals surface area contributed by atoms with E-state index in [0.29, 0.717) is 21.8 Å². The van der Waals surface area contributed by atoms with E-state index in [1.54, 1.807) is 37.3 Å². The van der Waals surface area contributed by atoms with Crippen molar-refractivity contribution >= 4 is 34.8 Å². The van der Waals surface area contributed by atoms with Crippen molar-refractivity contribution in [2.24, 2.45) is 0 Å². The summed E-state index contributed by atoms with van der Waals surface area (Å²) in [6.07, 6.45) is 0. The van der Waals surface area contributed by atoms with E-state index >= 15 is 0 Å². The summed E-state index contributed by atoms with van der Waals surface area (Å²) in [7, 11) is 0. The minimum absolute atomic E-state index is 0.194. The fourth-order valence-electron chi connectivity index (χ4n) is 2.92. The van der Waals surface area contributed by atoms with Crippen molar-refractivity contribution in [3.05, 3.63) is 92.7 Å². The van der Waals surface area contributed by atoms with Gasteiger partial charge in [-0.2, -0.15) is 5.26 Å². The highest BCUT2D eigenvalue weighted by atomic mass is 35.5. The second-order valence-corrected chi connectivity index (χ2v) is 7.26. The van der Waals surface area contributed by atoms with Crippen molar-refractivity contribution in [3.63, 3.8) is 0 Å². The first-order valence-electron chi connectivity index (χ1n) is 8.55. The van der Waals surface area contributed by atoms with E-state index in [4.69, 9.17) is 23.2 Å². The highest BCUT2D eigenvalue weighted by molar-refractivity contribution is 6.32. The van der Waals surface area contributed by atoms with Crippen molar-refractivity contribution in [3.8, 4) is 11.8 Å². The van der Waals surface area contributed by atoms with Gasteiger partial charge < -0.3 is 10.4 Å². The highest BCUT2D eigenvalue weighted by Gasteiger charge is 2.20. The number of carbonyl (C=O) groups excluding carboxylic acids is 1. The predicted octanol–water partition coefficient (Wildman–Crippen LogP) is 6.05. The summed E-state index contributed by atoms with van der Waals surface area (Å²) in [6, 6.07) is 15.5. The molecule has 146 valence electrons. The average molecular weight is 429 g/mol. The molecule has 0 bridgehead atoms. The number of carbonyl (C=O) groups is 1. The van der Waals surface area contributed by atoms with Crippen molar-refractivity contribution in [1.82, 2.24) is 0 Å². The molecule has 0 aliphatic carbocycles. The number of nitriles is 1. The number of anilines is 1. The third kappa shape index (κ3) is 4.51. The molecule has 0 aliphatic rings. The van der Waals surface area contributed by atoms with Crippen LogP contribution in [0.5, 0.6) is 5.75 Å². The number of halogens is 3. The van der Waals surface area contributed by atoms with Crippen LogP contribution in [0.4, 0.5) is 10.1 Å². The molecule has 0 saturated heterocycles. The largest absolute Gasteiger partial charge is 0.507 e. The fraction of sp³-hybridized carbons (Fsp3) is 0.0909. The first-order chi connectivity index (χ1) is 13.8. The molecule has 1 amide bonds. The highest BCUT2D eigenvalue weighted by Crippen LogP contribution is 2.34. The van der Waals surface area contributed by atoms with Crippen molar-refractivity contribution in [2.75, 3.05) is 5.32 Å². The van der Waals surface area contributed by atoms with Crippen LogP contribution in [0.1, 0.15) is 33.0 Å². The van der Waals surface area contributed by atoms with Gasteiger partial charge in [-0.25, -0.2) is 4.39 Å². The molecule has 1 atom stereocenters. The van der Waals surface area contributed by atoms with Gasteiger partial charge in [0.15, 0.2) is 0 Å². The summed E-state index contributed by atoms with van der Waals surface area (Å²) < 4.78 is 13.4. The normalized spacial score (nSPS) is 11.6. The predicted molar refractivity (Wildman–Crippen MR) is 111 cm³/mol. The zero-order chi connectivity index (χ0) is 21.1. The maximum Gasteiger partial charge on any atom is 0.259 e. The molecule has 4 nitrogen and oxygen atoms in total. The third-order valence-corrected chi connectivity index (χ3v) is 5.02. The quantitative estimate of drug-likeness (QED) is 0.530. The topological polar surface area (TPSA) is 73.1 Å². The van der Waals surface area contributed by atoms with E-state index in [-0.39, 0.29) is 16.3 Å². The minimum Gasteiger partial charge on any atom is -0.507 e. The van der Waals surface area contributed by atoms with Crippen LogP contribution >= 0.6 is 23.2 Å². The molecule has 0 fully saturated rings. The Labute approximate surface area is 177 Å². The Morgan fingerprint density at radius 2 is 1.83 bits per heavy atom. The van der Waals surface area contributed by atoms with Gasteiger partial charge in [0.25, 0.3) is 5.91 Å². The van der Waals surface area contributed by atoms with Crippen LogP contribution in [0.25, 0.3) is 0 Å². The lowest BCUT2D eigenvalue weighted by molar-refractivity contribution is 0.102. The Morgan fingerprint density at radius 3 is 2.48 bits per heavy atom. The lowest BCUT2D eigenvalue weighted by Gasteiger charge is -2.16. The van der Waals surface area contributed by atoms with E-state index in [1.807, 2.05) is 0 Å². The standard InChI is InChI=1S/C22H15Cl2FN2O2/c1-12-8-16(18(11-26)13-2-4-14(23)5-3-13)19(24)10-20(12)27-22(29)17-9-15(25)6-7-21(17)28/h2-10,18,28H,1H3,(H,27,29). The minimum atomic E-state index is -0.677. The molecule has 3 rings (SSSR count). The number of hydrogen-bond donors (Lipinski definition) is 2. The van der Waals surface area contributed by atoms with Crippen LogP contribution in [0.15, 0.2) is 54.6 Å². The van der Waals surface area contributed by atoms with Gasteiger partial charge in [-0.1, -0.05) is 41.4 Å². The van der Waals surface area contributed by atoms with Gasteiger partial charge in [-0.3, -0.25) is 4.79 Å². The molecule has 7 heteroatoms. The molecular formula is C22H15Cl2FN2O2. The van der Waals surface area contributed by atoms with Gasteiger partial charge >= 0.3 is 0 Å². The maximum atomic E-state index is 13.4. The van der Waals surface area contributed by atoms with Crippen LogP contribution in [-0.4, -0.2) is 11.0 Å². The van der Waals surface area contributed by atoms with Crippen LogP contribution in [-0.2, 0) is 0 Å². The van der Waals surface area contributed by atoms with E-state index < -0.39 is 17.6 Å². The Morgan fingerprint density at radius 1 is 1.14 bits per heavy atom. The number of nitrogens with zero attached hydrogens (tertiary/aromatic N) is 1. The number of rotatable bonds is 4. The fourth-order valence-corrected chi connectivity index (χ4v) is 3.32. The van der Waals surface area contributed by atoms with Gasteiger partial charge in [0.1, 0.15) is 11.6 Å². The number of amides is 1. The number of benzene rings is 3. The summed E-state index contributed by atoms with van der Waals surface area (Å²) in [5.41, 5.74) is 2.17. The molecule has 1 unspecified atom stereocenters. The molecular weight excluding hydrogens is 414 g/mol. The molecule has 3 aromatic carbocycles. The summed E-state index contributed by atoms with van der Waals surface area (Å²) in [4.78, 5) is 12.4. The number of aryl methyl sites for hydroxylation is 1. The molecule has 0 aromatic heterocycles. The zero-order valence-electron chi connectivity index (χ0n) is 15.2. The van der Waals surface area contributed by atoms with Crippen molar-refractivity contribution in [1.29, 1.82) is 5.26 Å². The lowest BCUT2D eigenvalue weighted by Crippen LogP contribution is -2.14. The van der Waals surface area contributed by atoms with E-state index in [9.17, 15) is 19.6 Å². The molecule has 3 aromatic rings. The number of phenols is 1. The molecule has 0 spiro atoms. The van der Waals surface area contributed by atoms with Gasteiger partial charge in [0, 0.05) is 15.7 Å². The summed E-state index contributed by atoms with van der Waals surface area (Å²) >= 11 is 12.3. The van der Waals surface area contributed by atoms with Crippen LogP contribution in [0, 0.1) is 24.1 Å². The van der Waals surface area contributed by atoms with Crippen LogP contribution in [0.3, 0.4) is 0 Å². The first-order valence-corrected chi connectivity index (χ1v) is 9.30. The van der Waals surface area contributed by atoms with Gasteiger partial charge in [-0.05, 0) is 60.0 Å². The molecule has 0 saturated carbocycles. The van der Waals surface area contributed by atoms with E-state index in [0.717, 1.165) is 23.8 Å². The second-order valence-electron chi connectivity index (χ2n) is 6.42. The molecule has 0 radical (unpaired) electrons. The Hall–Kier alpha value is -3.07. The number of nitrogens with one attached hydrogen (secondary N) is 1. The van der Waals surface area contributed by atoms with Gasteiger partial charge in [-0.15, -0.1) is 0 Å². The Kier molecular flexibility index (Phi) is 6.07. The van der Waals surface area contributed by atoms with E-state index in [2.05, 4.69) is 11.4 Å². The number of aromatic hydroxyl groups is 1. The zero-order valence-corrected chi connectivity index (χ0v) is 16.7. The SMILES string of the molecule is Cc1cc(C(C#N)c2ccc(Cl)cc2)c(Cl)cc1NC(=O)c1cc(F)ccc1O. The Bertz CT molecular complexity index is 1120. The van der Waals surface area contributed by atoms with Crippen LogP contribution < -0.4 is 5.32 Å². The van der Waals surface area contributed by atoms with Crippen molar-refractivity contribution < 1.29 is 14.3 Å². The lowest BCUT2D eigenvalue weighted by atomic mass is 9.91. The molecule has 2 N–H and O–H groups in total. The maximum absolute atomic E-state index is 13.4. The molecule has 29 heavy (non-hydrogen) atoms. The first kappa shape index (κ1) is 20.7. The van der Waals surface area contributed by atoms with Crippen molar-refractivity contribution in [2.45, 2.75) is 12.8 Å². The second kappa shape index (κ2) is 8.52. The molecule has 0 aliphatic heterocycles. The number of phenolic OH excluding ortho intramolecular Hbond substituents is 1. The monoisotopic (exact) mass is 428 g/mol. The third-order valence-electron chi connectivity index (χ3n) is 4.44. The smallest absolute Gasteiger partial charge is 0.259 e. The number of hydrogen-bond acceptors (Lipinski definition) is 3. The Balaban J connectivity index is 1.93. The van der Waals surface area contributed by atoms with Gasteiger partial charge in [0.05, 0.1) is 17.6 Å². The van der Waals surface area contributed by atoms with E-state index in [1.165, 1.54) is 6.07 Å². The average Bonchev–Trinajstić information content (AvgIpc) is 2.69. The summed E-state index contributed by atoms with van der Waals surface area (Å²) in [5.74, 6) is -2.27. The van der Waals surface area contributed by atoms with Gasteiger partial charge in [0.2, 0.25) is 0 Å². The molecule has 0 heterocycles. The summed E-state index contributed by atoms with van der Waals surface area (Å²) in [5, 5.41) is 22.9.